The molecule has 0 aromatic rings. The summed E-state index contributed by atoms with van der Waals surface area (Å²) in [5.74, 6) is 0.526. The normalized spacial score (nSPS) is 16.9. The Bertz CT molecular complexity index is 219. The molecule has 2 atom stereocenters. The molecule has 3 nitrogen and oxygen atoms in total. The molecule has 0 saturated heterocycles. The van der Waals surface area contributed by atoms with E-state index in [1.807, 2.05) is 13.8 Å². The second kappa shape index (κ2) is 5.60. The monoisotopic (exact) mass is 208 g/mol. The fraction of sp³-hybridized carbons (Fsp3) is 1.00. The van der Waals surface area contributed by atoms with Gasteiger partial charge in [-0.15, -0.1) is 0 Å². The summed E-state index contributed by atoms with van der Waals surface area (Å²) in [6, 6.07) is 0. The first-order valence-electron chi connectivity index (χ1n) is 4.77. The lowest BCUT2D eigenvalue weighted by atomic mass is 10.0. The van der Waals surface area contributed by atoms with Gasteiger partial charge in [0.2, 0.25) is 0 Å². The van der Waals surface area contributed by atoms with Crippen LogP contribution in [0.3, 0.4) is 0 Å². The zero-order valence-corrected chi connectivity index (χ0v) is 9.47. The largest absolute Gasteiger partial charge is 0.393 e. The van der Waals surface area contributed by atoms with E-state index in [1.54, 1.807) is 6.92 Å². The van der Waals surface area contributed by atoms with Crippen LogP contribution in [-0.4, -0.2) is 31.1 Å². The Labute approximate surface area is 81.1 Å². The Morgan fingerprint density at radius 1 is 1.23 bits per heavy atom. The lowest BCUT2D eigenvalue weighted by Crippen LogP contribution is -2.19. The zero-order valence-electron chi connectivity index (χ0n) is 8.66. The smallest absolute Gasteiger partial charge is 0.150 e. The lowest BCUT2D eigenvalue weighted by Gasteiger charge is -2.13. The SMILES string of the molecule is CCCS(=O)(=O)CCC(C)C(C)O. The van der Waals surface area contributed by atoms with Crippen molar-refractivity contribution in [2.24, 2.45) is 5.92 Å². The standard InChI is InChI=1S/C9H20O3S/c1-4-6-13(11,12)7-5-8(2)9(3)10/h8-10H,4-7H2,1-3H3. The summed E-state index contributed by atoms with van der Waals surface area (Å²) in [5.41, 5.74) is 0. The van der Waals surface area contributed by atoms with Gasteiger partial charge in [0.25, 0.3) is 0 Å². The van der Waals surface area contributed by atoms with Crippen molar-refractivity contribution in [2.45, 2.75) is 39.7 Å². The minimum Gasteiger partial charge on any atom is -0.393 e. The van der Waals surface area contributed by atoms with Crippen LogP contribution < -0.4 is 0 Å². The summed E-state index contributed by atoms with van der Waals surface area (Å²) >= 11 is 0. The lowest BCUT2D eigenvalue weighted by molar-refractivity contribution is 0.133. The number of sulfone groups is 1. The number of aliphatic hydroxyl groups is 1. The maximum Gasteiger partial charge on any atom is 0.150 e. The highest BCUT2D eigenvalue weighted by atomic mass is 32.2. The molecule has 2 unspecified atom stereocenters. The first-order chi connectivity index (χ1) is 5.89. The molecule has 13 heavy (non-hydrogen) atoms. The van der Waals surface area contributed by atoms with E-state index < -0.39 is 15.9 Å². The van der Waals surface area contributed by atoms with Gasteiger partial charge in [0.1, 0.15) is 9.84 Å². The molecule has 0 aliphatic heterocycles. The molecule has 0 fully saturated rings. The minimum absolute atomic E-state index is 0.0617. The molecule has 0 saturated carbocycles. The molecule has 0 amide bonds. The van der Waals surface area contributed by atoms with Gasteiger partial charge in [-0.2, -0.15) is 0 Å². The van der Waals surface area contributed by atoms with Crippen LogP contribution in [0.1, 0.15) is 33.6 Å². The molecule has 0 spiro atoms. The van der Waals surface area contributed by atoms with Crippen LogP contribution in [0.2, 0.25) is 0 Å². The molecular weight excluding hydrogens is 188 g/mol. The van der Waals surface area contributed by atoms with E-state index in [1.165, 1.54) is 0 Å². The second-order valence-corrected chi connectivity index (χ2v) is 5.96. The van der Waals surface area contributed by atoms with Crippen molar-refractivity contribution < 1.29 is 13.5 Å². The first-order valence-corrected chi connectivity index (χ1v) is 6.59. The summed E-state index contributed by atoms with van der Waals surface area (Å²) in [6.07, 6.45) is 0.808. The average Bonchev–Trinajstić information content (AvgIpc) is 2.00. The predicted octanol–water partition coefficient (Wildman–Crippen LogP) is 1.22. The Morgan fingerprint density at radius 3 is 2.15 bits per heavy atom. The van der Waals surface area contributed by atoms with E-state index in [0.717, 1.165) is 0 Å². The fourth-order valence-corrected chi connectivity index (χ4v) is 2.58. The van der Waals surface area contributed by atoms with Crippen LogP contribution in [0.5, 0.6) is 0 Å². The van der Waals surface area contributed by atoms with Gasteiger partial charge >= 0.3 is 0 Å². The molecule has 0 aromatic heterocycles. The summed E-state index contributed by atoms with van der Waals surface area (Å²) in [4.78, 5) is 0. The molecule has 0 rings (SSSR count). The molecule has 0 aromatic carbocycles. The van der Waals surface area contributed by atoms with Gasteiger partial charge in [0.05, 0.1) is 11.9 Å². The molecule has 0 heterocycles. The van der Waals surface area contributed by atoms with Crippen molar-refractivity contribution in [3.8, 4) is 0 Å². The average molecular weight is 208 g/mol. The number of rotatable bonds is 6. The van der Waals surface area contributed by atoms with E-state index in [2.05, 4.69) is 0 Å². The third kappa shape index (κ3) is 6.05. The molecule has 80 valence electrons. The Balaban J connectivity index is 3.88. The summed E-state index contributed by atoms with van der Waals surface area (Å²) in [6.45, 7) is 5.42. The molecule has 0 radical (unpaired) electrons. The van der Waals surface area contributed by atoms with Crippen LogP contribution >= 0.6 is 0 Å². The Hall–Kier alpha value is -0.0900. The van der Waals surface area contributed by atoms with Crippen molar-refractivity contribution in [2.75, 3.05) is 11.5 Å². The topological polar surface area (TPSA) is 54.4 Å². The van der Waals surface area contributed by atoms with Gasteiger partial charge in [-0.05, 0) is 25.7 Å². The zero-order chi connectivity index (χ0) is 10.5. The van der Waals surface area contributed by atoms with Crippen molar-refractivity contribution in [3.05, 3.63) is 0 Å². The van der Waals surface area contributed by atoms with Gasteiger partial charge in [-0.25, -0.2) is 8.42 Å². The van der Waals surface area contributed by atoms with E-state index in [0.29, 0.717) is 12.8 Å². The van der Waals surface area contributed by atoms with Crippen molar-refractivity contribution in [1.82, 2.24) is 0 Å². The number of aliphatic hydroxyl groups excluding tert-OH is 1. The Morgan fingerprint density at radius 2 is 1.77 bits per heavy atom. The van der Waals surface area contributed by atoms with Gasteiger partial charge in [-0.3, -0.25) is 0 Å². The van der Waals surface area contributed by atoms with Crippen LogP contribution in [-0.2, 0) is 9.84 Å². The fourth-order valence-electron chi connectivity index (χ4n) is 1.02. The molecule has 0 aliphatic rings. The summed E-state index contributed by atoms with van der Waals surface area (Å²) in [7, 11) is -2.87. The van der Waals surface area contributed by atoms with Gasteiger partial charge in [0.15, 0.2) is 0 Å². The van der Waals surface area contributed by atoms with Crippen LogP contribution in [0.25, 0.3) is 0 Å². The van der Waals surface area contributed by atoms with Crippen molar-refractivity contribution >= 4 is 9.84 Å². The van der Waals surface area contributed by atoms with Crippen LogP contribution in [0.4, 0.5) is 0 Å². The van der Waals surface area contributed by atoms with Crippen molar-refractivity contribution in [3.63, 3.8) is 0 Å². The van der Waals surface area contributed by atoms with E-state index >= 15 is 0 Å². The van der Waals surface area contributed by atoms with Crippen LogP contribution in [0, 0.1) is 5.92 Å². The third-order valence-corrected chi connectivity index (χ3v) is 4.11. The van der Waals surface area contributed by atoms with Crippen molar-refractivity contribution in [1.29, 1.82) is 0 Å². The summed E-state index contributed by atoms with van der Waals surface area (Å²) in [5, 5.41) is 9.15. The predicted molar refractivity (Wildman–Crippen MR) is 54.4 cm³/mol. The number of hydrogen-bond donors (Lipinski definition) is 1. The first kappa shape index (κ1) is 12.9. The molecule has 1 N–H and O–H groups in total. The molecule has 0 bridgehead atoms. The van der Waals surface area contributed by atoms with Crippen LogP contribution in [0.15, 0.2) is 0 Å². The Kier molecular flexibility index (Phi) is 5.56. The molecule has 4 heteroatoms. The highest BCUT2D eigenvalue weighted by molar-refractivity contribution is 7.91. The van der Waals surface area contributed by atoms with Gasteiger partial charge in [0, 0.05) is 5.75 Å². The van der Waals surface area contributed by atoms with E-state index in [9.17, 15) is 8.42 Å². The van der Waals surface area contributed by atoms with E-state index in [4.69, 9.17) is 5.11 Å². The maximum absolute atomic E-state index is 11.3. The van der Waals surface area contributed by atoms with Gasteiger partial charge in [-0.1, -0.05) is 13.8 Å². The van der Waals surface area contributed by atoms with E-state index in [-0.39, 0.29) is 17.4 Å². The second-order valence-electron chi connectivity index (χ2n) is 3.66. The minimum atomic E-state index is -2.87. The van der Waals surface area contributed by atoms with Gasteiger partial charge < -0.3 is 5.11 Å². The third-order valence-electron chi connectivity index (χ3n) is 2.22. The highest BCUT2D eigenvalue weighted by Gasteiger charge is 2.14. The quantitative estimate of drug-likeness (QED) is 0.714. The molecular formula is C9H20O3S. The molecule has 0 aliphatic carbocycles. The maximum atomic E-state index is 11.3. The number of hydrogen-bond acceptors (Lipinski definition) is 3. The highest BCUT2D eigenvalue weighted by Crippen LogP contribution is 2.09. The summed E-state index contributed by atoms with van der Waals surface area (Å²) < 4.78 is 22.6.